The zero-order chi connectivity index (χ0) is 13.6. The number of aryl methyl sites for hydroxylation is 1. The van der Waals surface area contributed by atoms with Gasteiger partial charge in [-0.05, 0) is 23.8 Å². The molecule has 0 atom stereocenters. The molecule has 19 heavy (non-hydrogen) atoms. The predicted octanol–water partition coefficient (Wildman–Crippen LogP) is 3.55. The van der Waals surface area contributed by atoms with Crippen LogP contribution in [0.15, 0.2) is 53.4 Å². The highest BCUT2D eigenvalue weighted by Crippen LogP contribution is 2.32. The number of fused-ring (bicyclic) bond motifs is 2. The van der Waals surface area contributed by atoms with Crippen molar-refractivity contribution in [3.8, 4) is 0 Å². The molecule has 0 amide bonds. The molecule has 0 fully saturated rings. The molecular weight excluding hydrogens is 260 g/mol. The van der Waals surface area contributed by atoms with Crippen molar-refractivity contribution in [2.24, 2.45) is 0 Å². The van der Waals surface area contributed by atoms with Gasteiger partial charge in [0.05, 0.1) is 0 Å². The van der Waals surface area contributed by atoms with Gasteiger partial charge in [-0.15, -0.1) is 0 Å². The fraction of sp³-hybridized carbons (Fsp3) is 0.0667. The number of rotatable bonds is 1. The molecule has 0 saturated heterocycles. The Balaban J connectivity index is 2.64. The Hall–Kier alpha value is -1.91. The quantitative estimate of drug-likeness (QED) is 0.544. The molecular formula is C15H12O3S. The lowest BCUT2D eigenvalue weighted by atomic mass is 10.0. The largest absolute Gasteiger partial charge is 0.295 e. The Labute approximate surface area is 111 Å². The molecule has 0 heterocycles. The molecule has 0 aliphatic carbocycles. The van der Waals surface area contributed by atoms with E-state index in [0.717, 1.165) is 16.3 Å². The van der Waals surface area contributed by atoms with Crippen molar-refractivity contribution >= 4 is 31.7 Å². The topological polar surface area (TPSA) is 54.4 Å². The van der Waals surface area contributed by atoms with E-state index in [-0.39, 0.29) is 4.90 Å². The lowest BCUT2D eigenvalue weighted by Gasteiger charge is -2.09. The normalized spacial score (nSPS) is 12.1. The van der Waals surface area contributed by atoms with Crippen molar-refractivity contribution in [3.05, 3.63) is 54.1 Å². The number of benzene rings is 3. The van der Waals surface area contributed by atoms with Gasteiger partial charge in [-0.3, -0.25) is 4.55 Å². The Morgan fingerprint density at radius 1 is 0.895 bits per heavy atom. The van der Waals surface area contributed by atoms with Crippen LogP contribution in [0.4, 0.5) is 0 Å². The number of hydrogen-bond donors (Lipinski definition) is 1. The maximum atomic E-state index is 11.7. The molecule has 0 unspecified atom stereocenters. The molecule has 4 heteroatoms. The molecule has 0 spiro atoms. The minimum atomic E-state index is -4.27. The summed E-state index contributed by atoms with van der Waals surface area (Å²) in [6.07, 6.45) is 0. The van der Waals surface area contributed by atoms with E-state index >= 15 is 0 Å². The maximum absolute atomic E-state index is 11.7. The monoisotopic (exact) mass is 272 g/mol. The molecule has 3 aromatic rings. The second-order valence-electron chi connectivity index (χ2n) is 4.63. The zero-order valence-corrected chi connectivity index (χ0v) is 11.1. The van der Waals surface area contributed by atoms with E-state index in [1.807, 2.05) is 37.3 Å². The summed E-state index contributed by atoms with van der Waals surface area (Å²) in [6, 6.07) is 14.6. The lowest BCUT2D eigenvalue weighted by Crippen LogP contribution is -2.00. The molecule has 0 radical (unpaired) electrons. The third-order valence-electron chi connectivity index (χ3n) is 3.23. The average Bonchev–Trinajstić information content (AvgIpc) is 2.34. The van der Waals surface area contributed by atoms with Crippen molar-refractivity contribution in [2.45, 2.75) is 11.8 Å². The zero-order valence-electron chi connectivity index (χ0n) is 10.3. The van der Waals surface area contributed by atoms with Gasteiger partial charge in [0.2, 0.25) is 0 Å². The molecule has 0 aliphatic heterocycles. The van der Waals surface area contributed by atoms with Crippen molar-refractivity contribution in [1.29, 1.82) is 0 Å². The molecule has 0 aromatic heterocycles. The summed E-state index contributed by atoms with van der Waals surface area (Å²) in [7, 11) is -4.27. The van der Waals surface area contributed by atoms with E-state index < -0.39 is 10.1 Å². The van der Waals surface area contributed by atoms with Gasteiger partial charge in [0, 0.05) is 10.8 Å². The van der Waals surface area contributed by atoms with Gasteiger partial charge in [-0.1, -0.05) is 48.0 Å². The van der Waals surface area contributed by atoms with E-state index in [4.69, 9.17) is 0 Å². The highest BCUT2D eigenvalue weighted by molar-refractivity contribution is 7.86. The maximum Gasteiger partial charge on any atom is 0.295 e. The van der Waals surface area contributed by atoms with Gasteiger partial charge in [-0.2, -0.15) is 8.42 Å². The lowest BCUT2D eigenvalue weighted by molar-refractivity contribution is 0.485. The summed E-state index contributed by atoms with van der Waals surface area (Å²) in [5.74, 6) is 0. The van der Waals surface area contributed by atoms with Crippen molar-refractivity contribution < 1.29 is 13.0 Å². The SMILES string of the molecule is Cc1ccc2c(S(=O)(=O)O)c3ccccc3cc2c1. The number of hydrogen-bond acceptors (Lipinski definition) is 2. The summed E-state index contributed by atoms with van der Waals surface area (Å²) < 4.78 is 32.9. The van der Waals surface area contributed by atoms with Crippen LogP contribution in [0, 0.1) is 6.92 Å². The Kier molecular flexibility index (Phi) is 2.59. The van der Waals surface area contributed by atoms with Gasteiger partial charge in [0.1, 0.15) is 4.90 Å². The van der Waals surface area contributed by atoms with E-state index in [0.29, 0.717) is 10.8 Å². The van der Waals surface area contributed by atoms with Crippen LogP contribution in [0.5, 0.6) is 0 Å². The van der Waals surface area contributed by atoms with Gasteiger partial charge >= 0.3 is 0 Å². The molecule has 3 nitrogen and oxygen atoms in total. The Morgan fingerprint density at radius 3 is 2.32 bits per heavy atom. The van der Waals surface area contributed by atoms with Gasteiger partial charge < -0.3 is 0 Å². The summed E-state index contributed by atoms with van der Waals surface area (Å²) >= 11 is 0. The second-order valence-corrected chi connectivity index (χ2v) is 5.98. The molecule has 1 N–H and O–H groups in total. The highest BCUT2D eigenvalue weighted by Gasteiger charge is 2.18. The van der Waals surface area contributed by atoms with Crippen molar-refractivity contribution in [2.75, 3.05) is 0 Å². The standard InChI is InChI=1S/C15H12O3S/c1-10-6-7-14-12(8-10)9-11-4-2-3-5-13(11)15(14)19(16,17)18/h2-9H,1H3,(H,16,17,18). The molecule has 3 rings (SSSR count). The smallest absolute Gasteiger partial charge is 0.282 e. The van der Waals surface area contributed by atoms with Crippen LogP contribution in [0.3, 0.4) is 0 Å². The third-order valence-corrected chi connectivity index (χ3v) is 4.18. The third kappa shape index (κ3) is 1.99. The van der Waals surface area contributed by atoms with Gasteiger partial charge in [0.25, 0.3) is 10.1 Å². The van der Waals surface area contributed by atoms with Gasteiger partial charge in [-0.25, -0.2) is 0 Å². The van der Waals surface area contributed by atoms with Crippen molar-refractivity contribution in [1.82, 2.24) is 0 Å². The van der Waals surface area contributed by atoms with Crippen LogP contribution >= 0.6 is 0 Å². The first kappa shape index (κ1) is 12.1. The van der Waals surface area contributed by atoms with Crippen LogP contribution in [-0.4, -0.2) is 13.0 Å². The van der Waals surface area contributed by atoms with E-state index in [1.165, 1.54) is 0 Å². The Bertz CT molecular complexity index is 896. The molecule has 0 bridgehead atoms. The van der Waals surface area contributed by atoms with Crippen LogP contribution in [0.1, 0.15) is 5.56 Å². The van der Waals surface area contributed by atoms with Gasteiger partial charge in [0.15, 0.2) is 0 Å². The minimum Gasteiger partial charge on any atom is -0.282 e. The van der Waals surface area contributed by atoms with Crippen LogP contribution in [0.2, 0.25) is 0 Å². The summed E-state index contributed by atoms with van der Waals surface area (Å²) in [4.78, 5) is -0.0133. The molecule has 3 aromatic carbocycles. The summed E-state index contributed by atoms with van der Waals surface area (Å²) in [5.41, 5.74) is 1.05. The fourth-order valence-corrected chi connectivity index (χ4v) is 3.36. The van der Waals surface area contributed by atoms with E-state index in [1.54, 1.807) is 18.2 Å². The van der Waals surface area contributed by atoms with E-state index in [9.17, 15) is 13.0 Å². The molecule has 96 valence electrons. The van der Waals surface area contributed by atoms with Crippen LogP contribution < -0.4 is 0 Å². The van der Waals surface area contributed by atoms with Crippen LogP contribution in [0.25, 0.3) is 21.5 Å². The second kappa shape index (κ2) is 4.05. The van der Waals surface area contributed by atoms with Crippen LogP contribution in [-0.2, 0) is 10.1 Å². The predicted molar refractivity (Wildman–Crippen MR) is 76.0 cm³/mol. The van der Waals surface area contributed by atoms with Crippen molar-refractivity contribution in [3.63, 3.8) is 0 Å². The summed E-state index contributed by atoms with van der Waals surface area (Å²) in [5, 5.41) is 2.70. The fourth-order valence-electron chi connectivity index (χ4n) is 2.43. The first-order chi connectivity index (χ1) is 8.97. The minimum absolute atomic E-state index is 0.0133. The first-order valence-corrected chi connectivity index (χ1v) is 7.30. The first-order valence-electron chi connectivity index (χ1n) is 5.86. The highest BCUT2D eigenvalue weighted by atomic mass is 32.2. The average molecular weight is 272 g/mol. The molecule has 0 aliphatic rings. The summed E-state index contributed by atoms with van der Waals surface area (Å²) in [6.45, 7) is 1.95. The molecule has 0 saturated carbocycles. The van der Waals surface area contributed by atoms with E-state index in [2.05, 4.69) is 0 Å². The Morgan fingerprint density at radius 2 is 1.58 bits per heavy atom.